The summed E-state index contributed by atoms with van der Waals surface area (Å²) in [5, 5.41) is 13.1. The smallest absolute Gasteiger partial charge is 0.0930 e. The molecule has 0 radical (unpaired) electrons. The molecule has 1 heterocycles. The minimum Gasteiger partial charge on any atom is -0.550 e. The van der Waals surface area contributed by atoms with Crippen molar-refractivity contribution in [3.8, 4) is 0 Å². The van der Waals surface area contributed by atoms with E-state index in [0.29, 0.717) is 12.6 Å². The first-order valence-electron chi connectivity index (χ1n) is 6.43. The number of fused-ring (bicyclic) bond motifs is 1. The van der Waals surface area contributed by atoms with Gasteiger partial charge in [-0.2, -0.15) is 0 Å². The first-order chi connectivity index (χ1) is 8.58. The van der Waals surface area contributed by atoms with E-state index in [2.05, 4.69) is 5.32 Å². The minimum atomic E-state index is -1.04. The number of quaternary nitrogens is 1. The first kappa shape index (κ1) is 13.7. The van der Waals surface area contributed by atoms with Crippen LogP contribution in [0.4, 0.5) is 0 Å². The van der Waals surface area contributed by atoms with Crippen molar-refractivity contribution in [3.05, 3.63) is 0 Å². The zero-order valence-corrected chi connectivity index (χ0v) is 10.9. The third-order valence-electron chi connectivity index (χ3n) is 4.53. The fraction of sp³-hybridized carbons (Fsp3) is 0.917. The number of carbonyl (C=O) groups is 1. The minimum absolute atomic E-state index is 0.00351. The van der Waals surface area contributed by atoms with E-state index in [1.165, 1.54) is 0 Å². The van der Waals surface area contributed by atoms with Crippen molar-refractivity contribution in [2.24, 2.45) is 17.6 Å². The van der Waals surface area contributed by atoms with Gasteiger partial charge in [0.2, 0.25) is 0 Å². The van der Waals surface area contributed by atoms with E-state index in [4.69, 9.17) is 15.2 Å². The molecule has 0 bridgehead atoms. The highest BCUT2D eigenvalue weighted by Gasteiger charge is 2.47. The SMILES string of the molecule is COC1CC2[NH2+]CC(C(=O)[O-])C(N)C2CC1OC. The Morgan fingerprint density at radius 3 is 2.44 bits per heavy atom. The second-order valence-corrected chi connectivity index (χ2v) is 5.32. The average Bonchev–Trinajstić information content (AvgIpc) is 2.37. The number of nitrogens with two attached hydrogens (primary N) is 2. The molecule has 0 amide bonds. The van der Waals surface area contributed by atoms with Gasteiger partial charge < -0.3 is 30.4 Å². The van der Waals surface area contributed by atoms with Crippen molar-refractivity contribution < 1.29 is 24.7 Å². The summed E-state index contributed by atoms with van der Waals surface area (Å²) in [6.07, 6.45) is 1.67. The lowest BCUT2D eigenvalue weighted by atomic mass is 9.71. The Hall–Kier alpha value is -0.690. The Morgan fingerprint density at radius 1 is 1.28 bits per heavy atom. The number of piperidine rings is 1. The lowest BCUT2D eigenvalue weighted by Gasteiger charge is -2.46. The molecule has 6 nitrogen and oxygen atoms in total. The van der Waals surface area contributed by atoms with E-state index in [1.807, 2.05) is 0 Å². The highest BCUT2D eigenvalue weighted by atomic mass is 16.5. The molecule has 0 aromatic carbocycles. The molecule has 1 aliphatic heterocycles. The number of aliphatic carboxylic acids is 1. The number of methoxy groups -OCH3 is 2. The molecule has 4 N–H and O–H groups in total. The van der Waals surface area contributed by atoms with Crippen LogP contribution in [0.2, 0.25) is 0 Å². The van der Waals surface area contributed by atoms with Crippen molar-refractivity contribution in [3.63, 3.8) is 0 Å². The number of rotatable bonds is 3. The maximum absolute atomic E-state index is 11.0. The van der Waals surface area contributed by atoms with Gasteiger partial charge >= 0.3 is 0 Å². The van der Waals surface area contributed by atoms with Crippen LogP contribution in [0.25, 0.3) is 0 Å². The highest BCUT2D eigenvalue weighted by Crippen LogP contribution is 2.32. The van der Waals surface area contributed by atoms with Gasteiger partial charge in [-0.1, -0.05) is 0 Å². The third-order valence-corrected chi connectivity index (χ3v) is 4.53. The van der Waals surface area contributed by atoms with Crippen LogP contribution in [0.1, 0.15) is 12.8 Å². The van der Waals surface area contributed by atoms with E-state index < -0.39 is 11.9 Å². The van der Waals surface area contributed by atoms with E-state index in [0.717, 1.165) is 12.8 Å². The Kier molecular flexibility index (Phi) is 4.21. The molecular weight excluding hydrogens is 236 g/mol. The van der Waals surface area contributed by atoms with Crippen LogP contribution < -0.4 is 16.2 Å². The first-order valence-corrected chi connectivity index (χ1v) is 6.43. The topological polar surface area (TPSA) is 101 Å². The molecule has 2 fully saturated rings. The molecule has 104 valence electrons. The summed E-state index contributed by atoms with van der Waals surface area (Å²) < 4.78 is 10.9. The van der Waals surface area contributed by atoms with Gasteiger partial charge in [0.15, 0.2) is 0 Å². The quantitative estimate of drug-likeness (QED) is 0.564. The van der Waals surface area contributed by atoms with Gasteiger partial charge in [-0.3, -0.25) is 0 Å². The summed E-state index contributed by atoms with van der Waals surface area (Å²) in [5.74, 6) is -1.46. The Balaban J connectivity index is 2.09. The monoisotopic (exact) mass is 258 g/mol. The fourth-order valence-electron chi connectivity index (χ4n) is 3.43. The van der Waals surface area contributed by atoms with Gasteiger partial charge in [-0.05, 0) is 6.42 Å². The maximum Gasteiger partial charge on any atom is 0.0930 e. The molecule has 1 aliphatic carbocycles. The molecule has 18 heavy (non-hydrogen) atoms. The van der Waals surface area contributed by atoms with Gasteiger partial charge in [-0.25, -0.2) is 0 Å². The molecule has 0 spiro atoms. The highest BCUT2D eigenvalue weighted by molar-refractivity contribution is 5.68. The predicted molar refractivity (Wildman–Crippen MR) is 61.4 cm³/mol. The van der Waals surface area contributed by atoms with Crippen LogP contribution in [0.3, 0.4) is 0 Å². The number of hydrogen-bond acceptors (Lipinski definition) is 5. The van der Waals surface area contributed by atoms with Crippen molar-refractivity contribution in [2.75, 3.05) is 20.8 Å². The number of carboxylic acid groups (broad SMARTS) is 1. The molecule has 0 aromatic heterocycles. The summed E-state index contributed by atoms with van der Waals surface area (Å²) >= 11 is 0. The van der Waals surface area contributed by atoms with Crippen LogP contribution in [0.5, 0.6) is 0 Å². The second kappa shape index (κ2) is 5.52. The normalized spacial score (nSPS) is 44.4. The Bertz CT molecular complexity index is 312. The summed E-state index contributed by atoms with van der Waals surface area (Å²) in [7, 11) is 3.34. The fourth-order valence-corrected chi connectivity index (χ4v) is 3.43. The predicted octanol–water partition coefficient (Wildman–Crippen LogP) is -2.93. The van der Waals surface area contributed by atoms with Crippen molar-refractivity contribution >= 4 is 5.97 Å². The zero-order chi connectivity index (χ0) is 13.3. The Labute approximate surface area is 107 Å². The molecule has 2 aliphatic rings. The van der Waals surface area contributed by atoms with Crippen molar-refractivity contribution in [2.45, 2.75) is 37.1 Å². The lowest BCUT2D eigenvalue weighted by Crippen LogP contribution is -2.98. The van der Waals surface area contributed by atoms with Gasteiger partial charge in [-0.15, -0.1) is 0 Å². The summed E-state index contributed by atoms with van der Waals surface area (Å²) in [6.45, 7) is 0.499. The zero-order valence-electron chi connectivity index (χ0n) is 10.9. The van der Waals surface area contributed by atoms with E-state index >= 15 is 0 Å². The van der Waals surface area contributed by atoms with Crippen LogP contribution >= 0.6 is 0 Å². The van der Waals surface area contributed by atoms with Crippen LogP contribution in [-0.2, 0) is 14.3 Å². The van der Waals surface area contributed by atoms with Crippen LogP contribution in [0.15, 0.2) is 0 Å². The maximum atomic E-state index is 11.0. The van der Waals surface area contributed by atoms with E-state index in [9.17, 15) is 9.90 Å². The van der Waals surface area contributed by atoms with Crippen molar-refractivity contribution in [1.82, 2.24) is 0 Å². The lowest BCUT2D eigenvalue weighted by molar-refractivity contribution is -0.714. The van der Waals surface area contributed by atoms with Crippen LogP contribution in [-0.4, -0.2) is 51.0 Å². The van der Waals surface area contributed by atoms with Gasteiger partial charge in [0.05, 0.1) is 36.7 Å². The number of hydrogen-bond donors (Lipinski definition) is 2. The van der Waals surface area contributed by atoms with Crippen molar-refractivity contribution in [1.29, 1.82) is 0 Å². The van der Waals surface area contributed by atoms with Gasteiger partial charge in [0.1, 0.15) is 0 Å². The average molecular weight is 258 g/mol. The molecule has 6 unspecified atom stereocenters. The second-order valence-electron chi connectivity index (χ2n) is 5.32. The number of ether oxygens (including phenoxy) is 2. The van der Waals surface area contributed by atoms with E-state index in [1.54, 1.807) is 14.2 Å². The molecule has 1 saturated heterocycles. The standard InChI is InChI=1S/C12H22N2O4/c1-17-9-3-6-8(4-10(9)18-2)14-5-7(11(6)13)12(15)16/h6-11,14H,3-5,13H2,1-2H3,(H,15,16). The number of carboxylic acids is 1. The third kappa shape index (κ3) is 2.38. The largest absolute Gasteiger partial charge is 0.550 e. The molecule has 1 saturated carbocycles. The summed E-state index contributed by atoms with van der Waals surface area (Å²) in [5.41, 5.74) is 6.10. The molecule has 0 aromatic rings. The number of carbonyl (C=O) groups excluding carboxylic acids is 1. The molecule has 6 atom stereocenters. The van der Waals surface area contributed by atoms with Gasteiger partial charge in [0.25, 0.3) is 0 Å². The Morgan fingerprint density at radius 2 is 1.89 bits per heavy atom. The molecule has 6 heteroatoms. The molecular formula is C12H22N2O4. The molecule has 2 rings (SSSR count). The van der Waals surface area contributed by atoms with Crippen LogP contribution in [0, 0.1) is 11.8 Å². The van der Waals surface area contributed by atoms with Gasteiger partial charge in [0, 0.05) is 32.6 Å². The summed E-state index contributed by atoms with van der Waals surface area (Å²) in [6, 6.07) is -0.0209. The van der Waals surface area contributed by atoms with E-state index in [-0.39, 0.29) is 24.2 Å². The summed E-state index contributed by atoms with van der Waals surface area (Å²) in [4.78, 5) is 11.0.